The van der Waals surface area contributed by atoms with Gasteiger partial charge in [-0.15, -0.1) is 11.6 Å². The molecule has 0 aliphatic rings. The Morgan fingerprint density at radius 1 is 1.53 bits per heavy atom. The van der Waals surface area contributed by atoms with E-state index in [0.29, 0.717) is 11.5 Å². The lowest BCUT2D eigenvalue weighted by atomic mass is 10.1. The number of nitrogens with two attached hydrogens (primary N) is 1. The first-order valence-corrected chi connectivity index (χ1v) is 5.45. The summed E-state index contributed by atoms with van der Waals surface area (Å²) in [6.07, 6.45) is 2.94. The van der Waals surface area contributed by atoms with E-state index in [0.717, 1.165) is 5.56 Å². The van der Waals surface area contributed by atoms with Gasteiger partial charge in [-0.3, -0.25) is 0 Å². The van der Waals surface area contributed by atoms with Crippen LogP contribution in [-0.4, -0.2) is 24.8 Å². The SMILES string of the molecule is COC(=O)C=Cc1ccccc1N=C(N)CCl. The molecule has 0 saturated heterocycles. The molecule has 17 heavy (non-hydrogen) atoms. The summed E-state index contributed by atoms with van der Waals surface area (Å²) >= 11 is 5.56. The lowest BCUT2D eigenvalue weighted by molar-refractivity contribution is -0.134. The molecule has 0 amide bonds. The monoisotopic (exact) mass is 252 g/mol. The third kappa shape index (κ3) is 4.28. The maximum absolute atomic E-state index is 11.0. The van der Waals surface area contributed by atoms with Crippen molar-refractivity contribution >= 4 is 35.2 Å². The number of nitrogens with zero attached hydrogens (tertiary/aromatic N) is 1. The molecular weight excluding hydrogens is 240 g/mol. The molecule has 0 fully saturated rings. The van der Waals surface area contributed by atoms with Gasteiger partial charge >= 0.3 is 5.97 Å². The van der Waals surface area contributed by atoms with Crippen molar-refractivity contribution in [2.45, 2.75) is 0 Å². The Bertz CT molecular complexity index is 456. The van der Waals surface area contributed by atoms with Crippen LogP contribution in [0.4, 0.5) is 5.69 Å². The van der Waals surface area contributed by atoms with Gasteiger partial charge in [-0.1, -0.05) is 18.2 Å². The third-order valence-electron chi connectivity index (χ3n) is 1.94. The summed E-state index contributed by atoms with van der Waals surface area (Å²) in [4.78, 5) is 15.1. The van der Waals surface area contributed by atoms with E-state index >= 15 is 0 Å². The number of carbonyl (C=O) groups is 1. The smallest absolute Gasteiger partial charge is 0.330 e. The van der Waals surface area contributed by atoms with Gasteiger partial charge in [0.05, 0.1) is 18.7 Å². The molecule has 1 aromatic carbocycles. The first-order valence-electron chi connectivity index (χ1n) is 4.91. The number of rotatable bonds is 4. The number of methoxy groups -OCH3 is 1. The number of para-hydroxylation sites is 1. The van der Waals surface area contributed by atoms with E-state index in [9.17, 15) is 4.79 Å². The topological polar surface area (TPSA) is 64.7 Å². The number of halogens is 1. The van der Waals surface area contributed by atoms with Gasteiger partial charge in [0, 0.05) is 11.6 Å². The normalized spacial score (nSPS) is 11.8. The van der Waals surface area contributed by atoms with E-state index in [2.05, 4.69) is 9.73 Å². The zero-order chi connectivity index (χ0) is 12.7. The second-order valence-corrected chi connectivity index (χ2v) is 3.42. The van der Waals surface area contributed by atoms with Crippen LogP contribution in [0, 0.1) is 0 Å². The highest BCUT2D eigenvalue weighted by Gasteiger charge is 1.99. The summed E-state index contributed by atoms with van der Waals surface area (Å²) < 4.78 is 4.51. The Kier molecular flexibility index (Phi) is 5.23. The lowest BCUT2D eigenvalue weighted by Crippen LogP contribution is -2.12. The number of carbonyl (C=O) groups excluding carboxylic acids is 1. The summed E-state index contributed by atoms with van der Waals surface area (Å²) in [6.45, 7) is 0. The van der Waals surface area contributed by atoms with Crippen molar-refractivity contribution in [3.63, 3.8) is 0 Å². The molecule has 0 spiro atoms. The highest BCUT2D eigenvalue weighted by Crippen LogP contribution is 2.20. The van der Waals surface area contributed by atoms with E-state index in [-0.39, 0.29) is 5.88 Å². The van der Waals surface area contributed by atoms with Crippen molar-refractivity contribution < 1.29 is 9.53 Å². The van der Waals surface area contributed by atoms with Gasteiger partial charge in [-0.2, -0.15) is 0 Å². The van der Waals surface area contributed by atoms with Gasteiger partial charge in [0.15, 0.2) is 0 Å². The highest BCUT2D eigenvalue weighted by molar-refractivity contribution is 6.28. The molecule has 0 atom stereocenters. The molecule has 90 valence electrons. The van der Waals surface area contributed by atoms with Crippen LogP contribution >= 0.6 is 11.6 Å². The largest absolute Gasteiger partial charge is 0.466 e. The van der Waals surface area contributed by atoms with Crippen molar-refractivity contribution in [1.82, 2.24) is 0 Å². The molecule has 0 aliphatic carbocycles. The number of alkyl halides is 1. The Hall–Kier alpha value is -1.81. The van der Waals surface area contributed by atoms with E-state index in [1.807, 2.05) is 18.2 Å². The summed E-state index contributed by atoms with van der Waals surface area (Å²) in [5.41, 5.74) is 6.99. The summed E-state index contributed by atoms with van der Waals surface area (Å²) in [5.74, 6) is 0.0642. The van der Waals surface area contributed by atoms with Crippen LogP contribution in [0.1, 0.15) is 5.56 Å². The first kappa shape index (κ1) is 13.3. The highest BCUT2D eigenvalue weighted by atomic mass is 35.5. The second kappa shape index (κ2) is 6.70. The molecule has 1 rings (SSSR count). The molecule has 0 aliphatic heterocycles. The Morgan fingerprint density at radius 3 is 2.88 bits per heavy atom. The number of amidine groups is 1. The number of ether oxygens (including phenoxy) is 1. The van der Waals surface area contributed by atoms with Crippen LogP contribution in [0.25, 0.3) is 6.08 Å². The fourth-order valence-electron chi connectivity index (χ4n) is 1.14. The zero-order valence-corrected chi connectivity index (χ0v) is 10.1. The van der Waals surface area contributed by atoms with Crippen LogP contribution in [0.2, 0.25) is 0 Å². The van der Waals surface area contributed by atoms with Crippen molar-refractivity contribution in [1.29, 1.82) is 0 Å². The van der Waals surface area contributed by atoms with Gasteiger partial charge < -0.3 is 10.5 Å². The van der Waals surface area contributed by atoms with E-state index < -0.39 is 5.97 Å². The zero-order valence-electron chi connectivity index (χ0n) is 9.39. The average Bonchev–Trinajstić information content (AvgIpc) is 2.37. The van der Waals surface area contributed by atoms with E-state index in [1.54, 1.807) is 12.1 Å². The summed E-state index contributed by atoms with van der Waals surface area (Å²) in [7, 11) is 1.32. The predicted octanol–water partition coefficient (Wildman–Crippen LogP) is 2.10. The molecule has 0 unspecified atom stereocenters. The third-order valence-corrected chi connectivity index (χ3v) is 2.21. The van der Waals surface area contributed by atoms with Gasteiger partial charge in [0.2, 0.25) is 0 Å². The van der Waals surface area contributed by atoms with E-state index in [4.69, 9.17) is 17.3 Å². The number of benzene rings is 1. The standard InChI is InChI=1S/C12H13ClN2O2/c1-17-12(16)7-6-9-4-2-3-5-10(9)15-11(14)8-13/h2-7H,8H2,1H3,(H2,14,15). The van der Waals surface area contributed by atoms with Gasteiger partial charge in [0.1, 0.15) is 5.84 Å². The predicted molar refractivity (Wildman–Crippen MR) is 69.5 cm³/mol. The number of hydrogen-bond donors (Lipinski definition) is 1. The van der Waals surface area contributed by atoms with Crippen LogP contribution < -0.4 is 5.73 Å². The van der Waals surface area contributed by atoms with Crippen molar-refractivity contribution in [3.8, 4) is 0 Å². The van der Waals surface area contributed by atoms with Crippen LogP contribution in [0.3, 0.4) is 0 Å². The molecular formula is C12H13ClN2O2. The maximum Gasteiger partial charge on any atom is 0.330 e. The minimum absolute atomic E-state index is 0.162. The lowest BCUT2D eigenvalue weighted by Gasteiger charge is -2.01. The quantitative estimate of drug-likeness (QED) is 0.293. The van der Waals surface area contributed by atoms with Crippen molar-refractivity contribution in [3.05, 3.63) is 35.9 Å². The maximum atomic E-state index is 11.0. The van der Waals surface area contributed by atoms with Crippen molar-refractivity contribution in [2.75, 3.05) is 13.0 Å². The Balaban J connectivity index is 3.00. The number of aliphatic imine (C=N–C) groups is 1. The Labute approximate surface area is 105 Å². The molecule has 0 radical (unpaired) electrons. The fraction of sp³-hybridized carbons (Fsp3) is 0.167. The van der Waals surface area contributed by atoms with Crippen LogP contribution in [0.5, 0.6) is 0 Å². The summed E-state index contributed by atoms with van der Waals surface area (Å²) in [5, 5.41) is 0. The van der Waals surface area contributed by atoms with Gasteiger partial charge in [-0.25, -0.2) is 9.79 Å². The number of esters is 1. The van der Waals surface area contributed by atoms with Gasteiger partial charge in [-0.05, 0) is 12.1 Å². The van der Waals surface area contributed by atoms with Crippen LogP contribution in [0.15, 0.2) is 35.3 Å². The minimum Gasteiger partial charge on any atom is -0.466 e. The van der Waals surface area contributed by atoms with Gasteiger partial charge in [0.25, 0.3) is 0 Å². The molecule has 4 nitrogen and oxygen atoms in total. The molecule has 5 heteroatoms. The summed E-state index contributed by atoms with van der Waals surface area (Å²) in [6, 6.07) is 7.28. The van der Waals surface area contributed by atoms with E-state index in [1.165, 1.54) is 13.2 Å². The first-order chi connectivity index (χ1) is 8.17. The molecule has 2 N–H and O–H groups in total. The molecule has 1 aromatic rings. The Morgan fingerprint density at radius 2 is 2.24 bits per heavy atom. The number of hydrogen-bond acceptors (Lipinski definition) is 3. The fourth-order valence-corrected chi connectivity index (χ4v) is 1.20. The second-order valence-electron chi connectivity index (χ2n) is 3.15. The van der Waals surface area contributed by atoms with Crippen LogP contribution in [-0.2, 0) is 9.53 Å². The average molecular weight is 253 g/mol. The molecule has 0 heterocycles. The minimum atomic E-state index is -0.422. The molecule has 0 saturated carbocycles. The molecule has 0 bridgehead atoms. The van der Waals surface area contributed by atoms with Crippen molar-refractivity contribution in [2.24, 2.45) is 10.7 Å². The molecule has 0 aromatic heterocycles.